The lowest BCUT2D eigenvalue weighted by atomic mass is 10.1. The van der Waals surface area contributed by atoms with Crippen LogP contribution in [0.25, 0.3) is 6.08 Å². The highest BCUT2D eigenvalue weighted by molar-refractivity contribution is 5.99. The standard InChI is InChI=1S/C20H19FO6/c1-24-17-11-19(26-3)18(25-2)10-13(17)8-9-20(23)27-12-16(22)14-6-4-5-7-15(14)21/h4-11H,12H2,1-3H3/b9-8+. The molecule has 0 aliphatic rings. The van der Waals surface area contributed by atoms with E-state index in [1.54, 1.807) is 12.1 Å². The van der Waals surface area contributed by atoms with Gasteiger partial charge in [0.1, 0.15) is 11.6 Å². The Bertz CT molecular complexity index is 860. The summed E-state index contributed by atoms with van der Waals surface area (Å²) < 4.78 is 34.1. The van der Waals surface area contributed by atoms with Crippen LogP contribution in [0.1, 0.15) is 15.9 Å². The summed E-state index contributed by atoms with van der Waals surface area (Å²) in [4.78, 5) is 23.8. The molecule has 0 unspecified atom stereocenters. The highest BCUT2D eigenvalue weighted by atomic mass is 19.1. The molecule has 0 aliphatic heterocycles. The van der Waals surface area contributed by atoms with E-state index in [2.05, 4.69) is 0 Å². The minimum absolute atomic E-state index is 0.129. The van der Waals surface area contributed by atoms with Crippen LogP contribution in [-0.4, -0.2) is 39.7 Å². The highest BCUT2D eigenvalue weighted by Gasteiger charge is 2.13. The lowest BCUT2D eigenvalue weighted by Gasteiger charge is -2.12. The zero-order valence-electron chi connectivity index (χ0n) is 15.2. The zero-order chi connectivity index (χ0) is 19.8. The van der Waals surface area contributed by atoms with Crippen LogP contribution in [0, 0.1) is 5.82 Å². The fraction of sp³-hybridized carbons (Fsp3) is 0.200. The zero-order valence-corrected chi connectivity index (χ0v) is 15.2. The van der Waals surface area contributed by atoms with Crippen molar-refractivity contribution in [2.24, 2.45) is 0 Å². The molecular weight excluding hydrogens is 355 g/mol. The van der Waals surface area contributed by atoms with Crippen LogP contribution >= 0.6 is 0 Å². The number of carbonyl (C=O) groups is 2. The SMILES string of the molecule is COc1cc(OC)c(OC)cc1/C=C/C(=O)OCC(=O)c1ccccc1F. The number of benzene rings is 2. The van der Waals surface area contributed by atoms with Crippen molar-refractivity contribution >= 4 is 17.8 Å². The molecule has 2 aromatic carbocycles. The molecular formula is C20H19FO6. The van der Waals surface area contributed by atoms with Gasteiger partial charge in [-0.1, -0.05) is 12.1 Å². The maximum atomic E-state index is 13.5. The Morgan fingerprint density at radius 3 is 2.22 bits per heavy atom. The summed E-state index contributed by atoms with van der Waals surface area (Å²) in [6.45, 7) is -0.562. The van der Waals surface area contributed by atoms with E-state index in [1.165, 1.54) is 45.6 Å². The fourth-order valence-corrected chi connectivity index (χ4v) is 2.29. The first kappa shape index (κ1) is 20.0. The van der Waals surface area contributed by atoms with E-state index < -0.39 is 24.2 Å². The van der Waals surface area contributed by atoms with Gasteiger partial charge in [0, 0.05) is 17.7 Å². The minimum Gasteiger partial charge on any atom is -0.496 e. The molecule has 0 aliphatic carbocycles. The maximum Gasteiger partial charge on any atom is 0.331 e. The van der Waals surface area contributed by atoms with E-state index >= 15 is 0 Å². The van der Waals surface area contributed by atoms with Crippen LogP contribution in [-0.2, 0) is 9.53 Å². The molecule has 0 atom stereocenters. The third-order valence-electron chi connectivity index (χ3n) is 3.65. The molecule has 0 radical (unpaired) electrons. The first-order chi connectivity index (χ1) is 13.0. The summed E-state index contributed by atoms with van der Waals surface area (Å²) in [6, 6.07) is 8.74. The van der Waals surface area contributed by atoms with Crippen LogP contribution in [0.5, 0.6) is 17.2 Å². The number of carbonyl (C=O) groups excluding carboxylic acids is 2. The van der Waals surface area contributed by atoms with Crippen molar-refractivity contribution in [3.63, 3.8) is 0 Å². The first-order valence-electron chi connectivity index (χ1n) is 7.92. The summed E-state index contributed by atoms with van der Waals surface area (Å²) in [7, 11) is 4.46. The first-order valence-corrected chi connectivity index (χ1v) is 7.92. The number of ether oxygens (including phenoxy) is 4. The van der Waals surface area contributed by atoms with Gasteiger partial charge in [0.2, 0.25) is 5.78 Å². The van der Waals surface area contributed by atoms with Gasteiger partial charge in [0.15, 0.2) is 18.1 Å². The predicted octanol–water partition coefficient (Wildman–Crippen LogP) is 3.29. The van der Waals surface area contributed by atoms with Gasteiger partial charge in [-0.15, -0.1) is 0 Å². The van der Waals surface area contributed by atoms with Crippen molar-refractivity contribution in [3.8, 4) is 17.2 Å². The second-order valence-electron chi connectivity index (χ2n) is 5.29. The Balaban J connectivity index is 2.06. The van der Waals surface area contributed by atoms with Crippen molar-refractivity contribution in [1.82, 2.24) is 0 Å². The molecule has 6 nitrogen and oxygen atoms in total. The third-order valence-corrected chi connectivity index (χ3v) is 3.65. The second-order valence-corrected chi connectivity index (χ2v) is 5.29. The topological polar surface area (TPSA) is 71.1 Å². The van der Waals surface area contributed by atoms with Gasteiger partial charge in [0.05, 0.1) is 26.9 Å². The molecule has 27 heavy (non-hydrogen) atoms. The van der Waals surface area contributed by atoms with Crippen molar-refractivity contribution in [2.45, 2.75) is 0 Å². The second kappa shape index (κ2) is 9.38. The van der Waals surface area contributed by atoms with Gasteiger partial charge in [-0.05, 0) is 24.3 Å². The van der Waals surface area contributed by atoms with Crippen LogP contribution < -0.4 is 14.2 Å². The summed E-state index contributed by atoms with van der Waals surface area (Å²) in [5, 5.41) is 0. The average Bonchev–Trinajstić information content (AvgIpc) is 2.69. The van der Waals surface area contributed by atoms with Crippen LogP contribution in [0.4, 0.5) is 4.39 Å². The van der Waals surface area contributed by atoms with Crippen LogP contribution in [0.15, 0.2) is 42.5 Å². The third kappa shape index (κ3) is 5.07. The number of halogens is 1. The summed E-state index contributed by atoms with van der Waals surface area (Å²) in [5.41, 5.74) is 0.420. The molecule has 7 heteroatoms. The lowest BCUT2D eigenvalue weighted by molar-refractivity contribution is -0.136. The van der Waals surface area contributed by atoms with Crippen LogP contribution in [0.3, 0.4) is 0 Å². The molecule has 0 N–H and O–H groups in total. The molecule has 0 saturated carbocycles. The van der Waals surface area contributed by atoms with E-state index in [4.69, 9.17) is 18.9 Å². The smallest absolute Gasteiger partial charge is 0.331 e. The summed E-state index contributed by atoms with van der Waals surface area (Å²) in [5.74, 6) is -0.649. The van der Waals surface area contributed by atoms with Crippen molar-refractivity contribution in [3.05, 3.63) is 59.4 Å². The molecule has 2 aromatic rings. The molecule has 0 bridgehead atoms. The van der Waals surface area contributed by atoms with Crippen molar-refractivity contribution in [2.75, 3.05) is 27.9 Å². The Kier molecular flexibility index (Phi) is 6.93. The number of Topliss-reactive ketones (excluding diaryl/α,β-unsaturated/α-hetero) is 1. The molecule has 0 aromatic heterocycles. The molecule has 0 saturated heterocycles. The van der Waals surface area contributed by atoms with E-state index in [0.717, 1.165) is 12.1 Å². The number of ketones is 1. The van der Waals surface area contributed by atoms with Gasteiger partial charge in [-0.2, -0.15) is 0 Å². The quantitative estimate of drug-likeness (QED) is 0.401. The Labute approximate surface area is 156 Å². The highest BCUT2D eigenvalue weighted by Crippen LogP contribution is 2.35. The molecule has 0 amide bonds. The van der Waals surface area contributed by atoms with E-state index in [1.807, 2.05) is 0 Å². The number of hydrogen-bond donors (Lipinski definition) is 0. The average molecular weight is 374 g/mol. The van der Waals surface area contributed by atoms with Gasteiger partial charge < -0.3 is 18.9 Å². The molecule has 0 fully saturated rings. The monoisotopic (exact) mass is 374 g/mol. The molecule has 2 rings (SSSR count). The fourth-order valence-electron chi connectivity index (χ4n) is 2.29. The Hall–Kier alpha value is -3.35. The summed E-state index contributed by atoms with van der Waals surface area (Å²) in [6.07, 6.45) is 2.59. The maximum absolute atomic E-state index is 13.5. The number of rotatable bonds is 8. The predicted molar refractivity (Wildman–Crippen MR) is 96.8 cm³/mol. The molecule has 0 heterocycles. The number of methoxy groups -OCH3 is 3. The normalized spacial score (nSPS) is 10.5. The Morgan fingerprint density at radius 2 is 1.59 bits per heavy atom. The number of hydrogen-bond acceptors (Lipinski definition) is 6. The van der Waals surface area contributed by atoms with E-state index in [-0.39, 0.29) is 5.56 Å². The van der Waals surface area contributed by atoms with Gasteiger partial charge >= 0.3 is 5.97 Å². The van der Waals surface area contributed by atoms with Crippen LogP contribution in [0.2, 0.25) is 0 Å². The van der Waals surface area contributed by atoms with E-state index in [0.29, 0.717) is 22.8 Å². The minimum atomic E-state index is -0.753. The molecule has 142 valence electrons. The van der Waals surface area contributed by atoms with Crippen molar-refractivity contribution in [1.29, 1.82) is 0 Å². The van der Waals surface area contributed by atoms with Crippen molar-refractivity contribution < 1.29 is 32.9 Å². The van der Waals surface area contributed by atoms with E-state index in [9.17, 15) is 14.0 Å². The number of esters is 1. The van der Waals surface area contributed by atoms with Gasteiger partial charge in [0.25, 0.3) is 0 Å². The van der Waals surface area contributed by atoms with Gasteiger partial charge in [-0.3, -0.25) is 4.79 Å². The Morgan fingerprint density at radius 1 is 0.963 bits per heavy atom. The lowest BCUT2D eigenvalue weighted by Crippen LogP contribution is -2.13. The summed E-state index contributed by atoms with van der Waals surface area (Å²) >= 11 is 0. The van der Waals surface area contributed by atoms with Gasteiger partial charge in [-0.25, -0.2) is 9.18 Å². The largest absolute Gasteiger partial charge is 0.496 e. The molecule has 0 spiro atoms.